The maximum absolute atomic E-state index is 13.1. The van der Waals surface area contributed by atoms with E-state index in [-0.39, 0.29) is 25.7 Å². The number of phosphoric acid groups is 2. The van der Waals surface area contributed by atoms with Gasteiger partial charge in [-0.05, 0) is 49.4 Å². The van der Waals surface area contributed by atoms with Crippen LogP contribution in [0.15, 0.2) is 0 Å². The first-order valence-corrected chi connectivity index (χ1v) is 46.8. The van der Waals surface area contributed by atoms with Crippen molar-refractivity contribution in [2.45, 2.75) is 459 Å². The minimum atomic E-state index is -4.97. The van der Waals surface area contributed by atoms with Crippen LogP contribution in [0.3, 0.4) is 0 Å². The highest BCUT2D eigenvalue weighted by atomic mass is 31.2. The van der Waals surface area contributed by atoms with Crippen LogP contribution in [0.2, 0.25) is 0 Å². The number of ether oxygens (including phenoxy) is 4. The third-order valence-corrected chi connectivity index (χ3v) is 22.4. The van der Waals surface area contributed by atoms with E-state index in [2.05, 4.69) is 55.4 Å². The Labute approximate surface area is 638 Å². The lowest BCUT2D eigenvalue weighted by Gasteiger charge is -2.21. The molecule has 0 aromatic heterocycles. The molecular weight excluding hydrogens is 1350 g/mol. The van der Waals surface area contributed by atoms with Gasteiger partial charge in [-0.3, -0.25) is 37.3 Å². The zero-order chi connectivity index (χ0) is 76.7. The first-order valence-electron chi connectivity index (χ1n) is 43.8. The van der Waals surface area contributed by atoms with Crippen molar-refractivity contribution in [3.05, 3.63) is 0 Å². The van der Waals surface area contributed by atoms with E-state index >= 15 is 0 Å². The summed E-state index contributed by atoms with van der Waals surface area (Å²) in [4.78, 5) is 73.1. The fourth-order valence-electron chi connectivity index (χ4n) is 13.1. The Morgan fingerprint density at radius 3 is 0.683 bits per heavy atom. The number of rotatable bonds is 82. The molecule has 0 aliphatic rings. The smallest absolute Gasteiger partial charge is 0.462 e. The molecule has 0 heterocycles. The number of carbonyl (C=O) groups is 4. The Hall–Kier alpha value is -1.94. The quantitative estimate of drug-likeness (QED) is 0.0222. The van der Waals surface area contributed by atoms with Crippen LogP contribution in [0.25, 0.3) is 0 Å². The molecule has 0 saturated heterocycles. The van der Waals surface area contributed by atoms with Crippen LogP contribution in [0.5, 0.6) is 0 Å². The molecule has 0 aliphatic carbocycles. The average molecular weight is 1520 g/mol. The second-order valence-corrected chi connectivity index (χ2v) is 34.9. The molecule has 0 spiro atoms. The van der Waals surface area contributed by atoms with Gasteiger partial charge in [0.25, 0.3) is 0 Å². The van der Waals surface area contributed by atoms with Crippen LogP contribution < -0.4 is 0 Å². The standard InChI is InChI=1S/C85H166O17P2/c1-9-77(7)63-55-47-38-32-28-24-20-16-12-14-17-21-25-29-33-40-49-57-65-82(87)95-71-80(101-84(89)67-59-51-41-34-30-26-22-18-13-11-15-19-23-27-31-37-45-53-61-75(3)4)73-99-103(91,92)97-69-79(86)70-98-104(93,94)100-74-81(72-96-83(88)66-58-50-44-43-46-54-62-76(5)6)102-85(90)68-60-52-42-36-35-39-48-56-64-78(8)10-2/h75-81,86H,9-74H2,1-8H3,(H,91,92)(H,93,94)/t77?,78?,79-,80-,81-/m1/s1. The zero-order valence-corrected chi connectivity index (χ0v) is 70.5. The van der Waals surface area contributed by atoms with Gasteiger partial charge in [0.15, 0.2) is 12.2 Å². The summed E-state index contributed by atoms with van der Waals surface area (Å²) in [5.74, 6) is 1.03. The first-order chi connectivity index (χ1) is 50.2. The lowest BCUT2D eigenvalue weighted by molar-refractivity contribution is -0.161. The second kappa shape index (κ2) is 73.8. The molecule has 0 aromatic carbocycles. The molecule has 4 unspecified atom stereocenters. The lowest BCUT2D eigenvalue weighted by atomic mass is 9.99. The van der Waals surface area contributed by atoms with E-state index in [1.807, 2.05) is 0 Å². The van der Waals surface area contributed by atoms with Crippen LogP contribution in [-0.2, 0) is 65.4 Å². The van der Waals surface area contributed by atoms with Crippen LogP contribution >= 0.6 is 15.6 Å². The fourth-order valence-corrected chi connectivity index (χ4v) is 14.7. The third-order valence-electron chi connectivity index (χ3n) is 20.5. The highest BCUT2D eigenvalue weighted by Crippen LogP contribution is 2.45. The number of aliphatic hydroxyl groups excluding tert-OH is 1. The summed E-state index contributed by atoms with van der Waals surface area (Å²) >= 11 is 0. The number of esters is 4. The minimum absolute atomic E-state index is 0.104. The van der Waals surface area contributed by atoms with Crippen molar-refractivity contribution < 1.29 is 80.2 Å². The van der Waals surface area contributed by atoms with E-state index in [0.717, 1.165) is 114 Å². The lowest BCUT2D eigenvalue weighted by Crippen LogP contribution is -2.30. The number of hydrogen-bond donors (Lipinski definition) is 3. The van der Waals surface area contributed by atoms with Gasteiger partial charge in [0.05, 0.1) is 26.4 Å². The fraction of sp³-hybridized carbons (Fsp3) is 0.953. The zero-order valence-electron chi connectivity index (χ0n) is 68.7. The van der Waals surface area contributed by atoms with E-state index in [0.29, 0.717) is 31.6 Å². The Kier molecular flexibility index (Phi) is 72.5. The summed E-state index contributed by atoms with van der Waals surface area (Å²) in [5, 5.41) is 10.7. The predicted octanol–water partition coefficient (Wildman–Crippen LogP) is 25.6. The highest BCUT2D eigenvalue weighted by molar-refractivity contribution is 7.47. The third kappa shape index (κ3) is 75.5. The number of unbranched alkanes of at least 4 members (excludes halogenated alkanes) is 46. The monoisotopic (exact) mass is 1520 g/mol. The number of phosphoric ester groups is 2. The Balaban J connectivity index is 5.19. The van der Waals surface area contributed by atoms with Crippen LogP contribution in [0.4, 0.5) is 0 Å². The molecule has 0 aliphatic heterocycles. The van der Waals surface area contributed by atoms with Crippen molar-refractivity contribution in [1.82, 2.24) is 0 Å². The number of carbonyl (C=O) groups excluding carboxylic acids is 4. The molecule has 0 bridgehead atoms. The van der Waals surface area contributed by atoms with E-state index in [1.54, 1.807) is 0 Å². The molecule has 618 valence electrons. The van der Waals surface area contributed by atoms with Crippen molar-refractivity contribution in [2.24, 2.45) is 23.7 Å². The maximum atomic E-state index is 13.1. The molecule has 0 aromatic rings. The molecule has 0 fully saturated rings. The van der Waals surface area contributed by atoms with Crippen LogP contribution in [-0.4, -0.2) is 96.7 Å². The van der Waals surface area contributed by atoms with Crippen molar-refractivity contribution in [1.29, 1.82) is 0 Å². The topological polar surface area (TPSA) is 237 Å². The van der Waals surface area contributed by atoms with E-state index in [9.17, 15) is 43.2 Å². The molecule has 17 nitrogen and oxygen atoms in total. The van der Waals surface area contributed by atoms with Crippen molar-refractivity contribution in [3.63, 3.8) is 0 Å². The van der Waals surface area contributed by atoms with Gasteiger partial charge < -0.3 is 33.8 Å². The molecular formula is C85H166O17P2. The normalized spacial score (nSPS) is 14.5. The van der Waals surface area contributed by atoms with E-state index < -0.39 is 97.5 Å². The molecule has 3 N–H and O–H groups in total. The molecule has 0 saturated carbocycles. The van der Waals surface area contributed by atoms with Crippen molar-refractivity contribution >= 4 is 39.5 Å². The summed E-state index contributed by atoms with van der Waals surface area (Å²) in [6.07, 6.45) is 62.8. The summed E-state index contributed by atoms with van der Waals surface area (Å²) in [6.45, 7) is 14.3. The van der Waals surface area contributed by atoms with Gasteiger partial charge >= 0.3 is 39.5 Å². The van der Waals surface area contributed by atoms with Gasteiger partial charge in [-0.15, -0.1) is 0 Å². The van der Waals surface area contributed by atoms with Crippen LogP contribution in [0.1, 0.15) is 441 Å². The molecule has 104 heavy (non-hydrogen) atoms. The van der Waals surface area contributed by atoms with Crippen LogP contribution in [0, 0.1) is 23.7 Å². The van der Waals surface area contributed by atoms with Gasteiger partial charge in [0.2, 0.25) is 0 Å². The molecule has 0 rings (SSSR count). The van der Waals surface area contributed by atoms with Crippen molar-refractivity contribution in [2.75, 3.05) is 39.6 Å². The van der Waals surface area contributed by atoms with Gasteiger partial charge in [-0.25, -0.2) is 9.13 Å². The largest absolute Gasteiger partial charge is 0.472 e. The second-order valence-electron chi connectivity index (χ2n) is 32.0. The molecule has 19 heteroatoms. The van der Waals surface area contributed by atoms with Gasteiger partial charge in [-0.2, -0.15) is 0 Å². The highest BCUT2D eigenvalue weighted by Gasteiger charge is 2.30. The molecule has 0 radical (unpaired) electrons. The number of hydrogen-bond acceptors (Lipinski definition) is 15. The minimum Gasteiger partial charge on any atom is -0.462 e. The molecule has 0 amide bonds. The van der Waals surface area contributed by atoms with Gasteiger partial charge in [0.1, 0.15) is 19.3 Å². The Bertz CT molecular complexity index is 2030. The van der Waals surface area contributed by atoms with Crippen molar-refractivity contribution in [3.8, 4) is 0 Å². The predicted molar refractivity (Wildman–Crippen MR) is 428 cm³/mol. The summed E-state index contributed by atoms with van der Waals surface area (Å²) < 4.78 is 68.8. The average Bonchev–Trinajstić information content (AvgIpc) is 0.923. The number of aliphatic hydroxyl groups is 1. The van der Waals surface area contributed by atoms with E-state index in [1.165, 1.54) is 238 Å². The van der Waals surface area contributed by atoms with Gasteiger partial charge in [-0.1, -0.05) is 389 Å². The first kappa shape index (κ1) is 102. The van der Waals surface area contributed by atoms with E-state index in [4.69, 9.17) is 37.0 Å². The summed E-state index contributed by atoms with van der Waals surface area (Å²) in [5.41, 5.74) is 0. The summed E-state index contributed by atoms with van der Waals surface area (Å²) in [7, 11) is -9.92. The molecule has 7 atom stereocenters. The maximum Gasteiger partial charge on any atom is 0.472 e. The summed E-state index contributed by atoms with van der Waals surface area (Å²) in [6, 6.07) is 0. The Morgan fingerprint density at radius 2 is 0.462 bits per heavy atom. The Morgan fingerprint density at radius 1 is 0.269 bits per heavy atom. The van der Waals surface area contributed by atoms with Gasteiger partial charge in [0, 0.05) is 25.7 Å². The SMILES string of the molecule is CCC(C)CCCCCCCCCCCCCCCCCCCCC(=O)OC[C@H](COP(=O)(O)OC[C@@H](O)COP(=O)(O)OC[C@@H](COC(=O)CCCCCCCCC(C)C)OC(=O)CCCCCCCCCCC(C)CC)OC(=O)CCCCCCCCCCCCCCCCCCCCC(C)C.